The molecule has 1 aromatic heterocycles. The van der Waals surface area contributed by atoms with E-state index < -0.39 is 0 Å². The molecule has 5 heteroatoms. The third-order valence-corrected chi connectivity index (χ3v) is 5.30. The number of aryl methyl sites for hydroxylation is 1. The lowest BCUT2D eigenvalue weighted by Gasteiger charge is -2.28. The average molecular weight is 375 g/mol. The Morgan fingerprint density at radius 1 is 1.11 bits per heavy atom. The van der Waals surface area contributed by atoms with Crippen LogP contribution in [0.15, 0.2) is 65.2 Å². The summed E-state index contributed by atoms with van der Waals surface area (Å²) in [5.74, 6) is 0.391. The molecule has 2 heterocycles. The molecule has 0 aliphatic carbocycles. The van der Waals surface area contributed by atoms with Crippen LogP contribution in [0.1, 0.15) is 40.5 Å². The van der Waals surface area contributed by atoms with Gasteiger partial charge in [0.1, 0.15) is 0 Å². The van der Waals surface area contributed by atoms with Crippen LogP contribution in [0, 0.1) is 6.92 Å². The molecule has 1 atom stereocenters. The number of benzene rings is 2. The molecule has 144 valence electrons. The molecule has 0 saturated carbocycles. The summed E-state index contributed by atoms with van der Waals surface area (Å²) in [5, 5.41) is 7.00. The lowest BCUT2D eigenvalue weighted by Crippen LogP contribution is -2.36. The molecule has 3 aromatic rings. The van der Waals surface area contributed by atoms with Crippen LogP contribution in [0.4, 0.5) is 0 Å². The minimum atomic E-state index is -0.206. The van der Waals surface area contributed by atoms with Gasteiger partial charge in [-0.15, -0.1) is 0 Å². The minimum absolute atomic E-state index is 0.174. The van der Waals surface area contributed by atoms with E-state index in [-0.39, 0.29) is 11.9 Å². The normalized spacial score (nSPS) is 15.5. The Bertz CT molecular complexity index is 913. The predicted molar refractivity (Wildman–Crippen MR) is 109 cm³/mol. The van der Waals surface area contributed by atoms with E-state index >= 15 is 0 Å². The number of carbonyl (C=O) groups excluding carboxylic acids is 1. The smallest absolute Gasteiger partial charge is 0.273 e. The summed E-state index contributed by atoms with van der Waals surface area (Å²) in [4.78, 5) is 15.1. The molecule has 1 amide bonds. The van der Waals surface area contributed by atoms with Gasteiger partial charge in [0, 0.05) is 18.2 Å². The zero-order valence-corrected chi connectivity index (χ0v) is 16.1. The summed E-state index contributed by atoms with van der Waals surface area (Å²) in [6.07, 6.45) is 2.42. The number of nitrogens with one attached hydrogen (secondary N) is 1. The fraction of sp³-hybridized carbons (Fsp3) is 0.304. The summed E-state index contributed by atoms with van der Waals surface area (Å²) < 4.78 is 5.36. The number of hydrogen-bond donors (Lipinski definition) is 1. The Morgan fingerprint density at radius 3 is 2.54 bits per heavy atom. The van der Waals surface area contributed by atoms with Crippen molar-refractivity contribution >= 4 is 5.91 Å². The topological polar surface area (TPSA) is 58.4 Å². The molecular formula is C23H25N3O2. The molecule has 0 spiro atoms. The van der Waals surface area contributed by atoms with Crippen molar-refractivity contribution in [3.05, 3.63) is 77.5 Å². The fourth-order valence-corrected chi connectivity index (χ4v) is 3.70. The summed E-state index contributed by atoms with van der Waals surface area (Å²) in [5.41, 5.74) is 3.69. The molecule has 1 saturated heterocycles. The van der Waals surface area contributed by atoms with Gasteiger partial charge in [0.15, 0.2) is 11.5 Å². The third-order valence-electron chi connectivity index (χ3n) is 5.30. The first kappa shape index (κ1) is 18.4. The second-order valence-electron chi connectivity index (χ2n) is 7.32. The van der Waals surface area contributed by atoms with E-state index in [0.29, 0.717) is 18.0 Å². The number of nitrogens with zero attached hydrogens (tertiary/aromatic N) is 2. The first-order valence-electron chi connectivity index (χ1n) is 9.81. The zero-order chi connectivity index (χ0) is 19.3. The number of amides is 1. The van der Waals surface area contributed by atoms with E-state index in [1.54, 1.807) is 6.07 Å². The van der Waals surface area contributed by atoms with Crippen LogP contribution in [-0.2, 0) is 0 Å². The van der Waals surface area contributed by atoms with Gasteiger partial charge in [0.25, 0.3) is 5.91 Å². The summed E-state index contributed by atoms with van der Waals surface area (Å²) >= 11 is 0. The van der Waals surface area contributed by atoms with Crippen LogP contribution >= 0.6 is 0 Å². The molecule has 1 aliphatic rings. The fourth-order valence-electron chi connectivity index (χ4n) is 3.70. The molecule has 2 aromatic carbocycles. The van der Waals surface area contributed by atoms with Gasteiger partial charge in [-0.25, -0.2) is 0 Å². The van der Waals surface area contributed by atoms with Crippen LogP contribution in [0.25, 0.3) is 11.3 Å². The summed E-state index contributed by atoms with van der Waals surface area (Å²) in [6, 6.07) is 20.1. The van der Waals surface area contributed by atoms with E-state index in [1.807, 2.05) is 30.3 Å². The first-order valence-corrected chi connectivity index (χ1v) is 9.81. The monoisotopic (exact) mass is 375 g/mol. The Kier molecular flexibility index (Phi) is 5.53. The van der Waals surface area contributed by atoms with Gasteiger partial charge in [0.2, 0.25) is 0 Å². The standard InChI is InChI=1S/C23H25N3O2/c1-17-9-11-18(12-10-17)21(26-13-5-6-14-26)16-24-23(27)20-15-22(28-25-20)19-7-3-2-4-8-19/h2-4,7-12,15,21H,5-6,13-14,16H2,1H3,(H,24,27)/t21-/m1/s1. The quantitative estimate of drug-likeness (QED) is 0.701. The highest BCUT2D eigenvalue weighted by atomic mass is 16.5. The number of likely N-dealkylation sites (tertiary alicyclic amines) is 1. The van der Waals surface area contributed by atoms with Gasteiger partial charge in [-0.1, -0.05) is 65.3 Å². The zero-order valence-electron chi connectivity index (χ0n) is 16.1. The van der Waals surface area contributed by atoms with Crippen molar-refractivity contribution in [2.24, 2.45) is 0 Å². The van der Waals surface area contributed by atoms with Gasteiger partial charge < -0.3 is 9.84 Å². The summed E-state index contributed by atoms with van der Waals surface area (Å²) in [7, 11) is 0. The van der Waals surface area contributed by atoms with Crippen molar-refractivity contribution in [2.75, 3.05) is 19.6 Å². The van der Waals surface area contributed by atoms with Gasteiger partial charge in [-0.2, -0.15) is 0 Å². The van der Waals surface area contributed by atoms with Crippen molar-refractivity contribution in [2.45, 2.75) is 25.8 Å². The molecule has 28 heavy (non-hydrogen) atoms. The Hall–Kier alpha value is -2.92. The lowest BCUT2D eigenvalue weighted by atomic mass is 10.0. The molecular weight excluding hydrogens is 350 g/mol. The number of aromatic nitrogens is 1. The number of carbonyl (C=O) groups is 1. The highest BCUT2D eigenvalue weighted by Crippen LogP contribution is 2.25. The maximum absolute atomic E-state index is 12.6. The molecule has 1 N–H and O–H groups in total. The van der Waals surface area contributed by atoms with Crippen molar-refractivity contribution in [1.29, 1.82) is 0 Å². The SMILES string of the molecule is Cc1ccc([C@@H](CNC(=O)c2cc(-c3ccccc3)on2)N2CCCC2)cc1. The maximum Gasteiger partial charge on any atom is 0.273 e. The van der Waals surface area contributed by atoms with E-state index in [9.17, 15) is 4.79 Å². The van der Waals surface area contributed by atoms with Crippen LogP contribution in [-0.4, -0.2) is 35.6 Å². The van der Waals surface area contributed by atoms with E-state index in [1.165, 1.54) is 24.0 Å². The molecule has 0 bridgehead atoms. The Labute approximate surface area is 165 Å². The van der Waals surface area contributed by atoms with Crippen LogP contribution in [0.2, 0.25) is 0 Å². The largest absolute Gasteiger partial charge is 0.355 e. The van der Waals surface area contributed by atoms with E-state index in [0.717, 1.165) is 18.7 Å². The van der Waals surface area contributed by atoms with Gasteiger partial charge >= 0.3 is 0 Å². The summed E-state index contributed by atoms with van der Waals surface area (Å²) in [6.45, 7) is 4.77. The third kappa shape index (κ3) is 4.15. The van der Waals surface area contributed by atoms with Gasteiger partial charge in [-0.3, -0.25) is 9.69 Å². The second kappa shape index (κ2) is 8.40. The molecule has 1 fully saturated rings. The van der Waals surface area contributed by atoms with Crippen LogP contribution in [0.5, 0.6) is 0 Å². The first-order chi connectivity index (χ1) is 13.7. The Morgan fingerprint density at radius 2 is 1.82 bits per heavy atom. The second-order valence-corrected chi connectivity index (χ2v) is 7.32. The lowest BCUT2D eigenvalue weighted by molar-refractivity contribution is 0.0929. The molecule has 4 rings (SSSR count). The predicted octanol–water partition coefficient (Wildman–Crippen LogP) is 4.22. The van der Waals surface area contributed by atoms with Crippen molar-refractivity contribution in [1.82, 2.24) is 15.4 Å². The highest BCUT2D eigenvalue weighted by molar-refractivity contribution is 5.93. The maximum atomic E-state index is 12.6. The molecule has 1 aliphatic heterocycles. The Balaban J connectivity index is 1.45. The molecule has 5 nitrogen and oxygen atoms in total. The van der Waals surface area contributed by atoms with E-state index in [2.05, 4.69) is 46.6 Å². The minimum Gasteiger partial charge on any atom is -0.355 e. The molecule has 0 unspecified atom stereocenters. The van der Waals surface area contributed by atoms with Crippen LogP contribution < -0.4 is 5.32 Å². The van der Waals surface area contributed by atoms with Crippen molar-refractivity contribution in [3.63, 3.8) is 0 Å². The van der Waals surface area contributed by atoms with E-state index in [4.69, 9.17) is 4.52 Å². The van der Waals surface area contributed by atoms with Gasteiger partial charge in [-0.05, 0) is 38.4 Å². The highest BCUT2D eigenvalue weighted by Gasteiger charge is 2.24. The number of hydrogen-bond acceptors (Lipinski definition) is 4. The van der Waals surface area contributed by atoms with Crippen LogP contribution in [0.3, 0.4) is 0 Å². The van der Waals surface area contributed by atoms with Gasteiger partial charge in [0.05, 0.1) is 6.04 Å². The number of rotatable bonds is 6. The van der Waals surface area contributed by atoms with Crippen molar-refractivity contribution < 1.29 is 9.32 Å². The average Bonchev–Trinajstić information content (AvgIpc) is 3.42. The molecule has 0 radical (unpaired) electrons. The van der Waals surface area contributed by atoms with Crippen molar-refractivity contribution in [3.8, 4) is 11.3 Å².